The summed E-state index contributed by atoms with van der Waals surface area (Å²) >= 11 is 6.86. The molecule has 0 aliphatic carbocycles. The number of aromatic nitrogens is 2. The van der Waals surface area contributed by atoms with Gasteiger partial charge in [-0.25, -0.2) is 0 Å². The molecule has 0 aromatic carbocycles. The number of hydrogen-bond donors (Lipinski definition) is 2. The number of rotatable bonds is 1. The quantitative estimate of drug-likeness (QED) is 0.794. The highest BCUT2D eigenvalue weighted by atomic mass is 32.1. The van der Waals surface area contributed by atoms with Crippen LogP contribution in [-0.4, -0.2) is 21.4 Å². The summed E-state index contributed by atoms with van der Waals surface area (Å²) in [6, 6.07) is 4.24. The second-order valence-electron chi connectivity index (χ2n) is 4.72. The van der Waals surface area contributed by atoms with E-state index >= 15 is 0 Å². The van der Waals surface area contributed by atoms with Gasteiger partial charge in [-0.2, -0.15) is 9.78 Å². The molecule has 4 nitrogen and oxygen atoms in total. The number of hydrogen-bond acceptors (Lipinski definition) is 4. The number of thiophene rings is 1. The van der Waals surface area contributed by atoms with Crippen LogP contribution in [0.1, 0.15) is 23.3 Å². The molecule has 3 rings (SSSR count). The summed E-state index contributed by atoms with van der Waals surface area (Å²) in [6.07, 6.45) is 3.35. The van der Waals surface area contributed by atoms with Crippen LogP contribution in [0.3, 0.4) is 0 Å². The third kappa shape index (κ3) is 2.26. The molecule has 19 heavy (non-hydrogen) atoms. The van der Waals surface area contributed by atoms with Gasteiger partial charge >= 0.3 is 0 Å². The van der Waals surface area contributed by atoms with Crippen molar-refractivity contribution in [2.24, 2.45) is 5.73 Å². The van der Waals surface area contributed by atoms with E-state index in [0.717, 1.165) is 30.9 Å². The summed E-state index contributed by atoms with van der Waals surface area (Å²) in [6.45, 7) is 3.06. The summed E-state index contributed by atoms with van der Waals surface area (Å²) in [7, 11) is 0. The smallest absolute Gasteiger partial charge is 0.193 e. The van der Waals surface area contributed by atoms with E-state index in [2.05, 4.69) is 29.5 Å². The number of thiocarbonyl (C=S) groups is 1. The lowest BCUT2D eigenvalue weighted by Crippen LogP contribution is -2.22. The zero-order valence-electron chi connectivity index (χ0n) is 10.8. The Hall–Kier alpha value is -1.40. The fourth-order valence-electron chi connectivity index (χ4n) is 2.42. The Morgan fingerprint density at radius 3 is 3.00 bits per heavy atom. The largest absolute Gasteiger partial charge is 0.374 e. The van der Waals surface area contributed by atoms with E-state index in [1.165, 1.54) is 21.7 Å². The molecule has 0 unspecified atom stereocenters. The van der Waals surface area contributed by atoms with E-state index in [9.17, 15) is 0 Å². The summed E-state index contributed by atoms with van der Waals surface area (Å²) in [4.78, 5) is 2.47. The predicted molar refractivity (Wildman–Crippen MR) is 83.9 cm³/mol. The molecule has 1 aliphatic rings. The van der Waals surface area contributed by atoms with E-state index in [-0.39, 0.29) is 0 Å². The van der Waals surface area contributed by atoms with Crippen LogP contribution in [0.15, 0.2) is 12.1 Å². The van der Waals surface area contributed by atoms with Crippen LogP contribution in [0.5, 0.6) is 0 Å². The first-order chi connectivity index (χ1) is 9.16. The second kappa shape index (κ2) is 4.94. The molecule has 0 fully saturated rings. The molecule has 3 heterocycles. The Morgan fingerprint density at radius 2 is 2.32 bits per heavy atom. The van der Waals surface area contributed by atoms with Crippen LogP contribution in [0.4, 0.5) is 5.82 Å². The van der Waals surface area contributed by atoms with Crippen molar-refractivity contribution >= 4 is 34.5 Å². The topological polar surface area (TPSA) is 55.9 Å². The molecular weight excluding hydrogens is 276 g/mol. The molecule has 6 heteroatoms. The van der Waals surface area contributed by atoms with Crippen molar-refractivity contribution in [3.63, 3.8) is 0 Å². The van der Waals surface area contributed by atoms with Gasteiger partial charge in [0.05, 0.1) is 4.88 Å². The molecule has 0 amide bonds. The Bertz CT molecular complexity index is 627. The van der Waals surface area contributed by atoms with Gasteiger partial charge in [-0.3, -0.25) is 0 Å². The van der Waals surface area contributed by atoms with Gasteiger partial charge in [-0.1, -0.05) is 0 Å². The summed E-state index contributed by atoms with van der Waals surface area (Å²) in [5.74, 6) is 0.978. The highest BCUT2D eigenvalue weighted by Crippen LogP contribution is 2.35. The maximum Gasteiger partial charge on any atom is 0.193 e. The minimum atomic E-state index is 0.296. The van der Waals surface area contributed by atoms with Crippen molar-refractivity contribution in [3.05, 3.63) is 22.6 Å². The molecule has 0 spiro atoms. The number of fused-ring (bicyclic) bond motifs is 1. The van der Waals surface area contributed by atoms with Crippen molar-refractivity contribution in [3.8, 4) is 10.6 Å². The molecule has 0 radical (unpaired) electrons. The van der Waals surface area contributed by atoms with Crippen molar-refractivity contribution in [1.29, 1.82) is 0 Å². The zero-order chi connectivity index (χ0) is 13.4. The lowest BCUT2D eigenvalue weighted by molar-refractivity contribution is 0.782. The van der Waals surface area contributed by atoms with E-state index in [1.807, 2.05) is 0 Å². The molecule has 100 valence electrons. The van der Waals surface area contributed by atoms with Crippen molar-refractivity contribution in [2.75, 3.05) is 11.9 Å². The maximum atomic E-state index is 5.78. The fourth-order valence-corrected chi connectivity index (χ4v) is 3.43. The molecule has 0 saturated heterocycles. The SMILES string of the molecule is Cc1ccc(-c2nn(C(N)=S)c3c2CCCCN3)s1. The molecule has 2 aromatic heterocycles. The minimum Gasteiger partial charge on any atom is -0.374 e. The number of nitrogens with two attached hydrogens (primary N) is 1. The van der Waals surface area contributed by atoms with Crippen LogP contribution in [0, 0.1) is 6.92 Å². The summed E-state index contributed by atoms with van der Waals surface area (Å²) in [5.41, 5.74) is 8.05. The number of anilines is 1. The van der Waals surface area contributed by atoms with Crippen molar-refractivity contribution in [2.45, 2.75) is 26.2 Å². The molecule has 2 aromatic rings. The van der Waals surface area contributed by atoms with E-state index in [1.54, 1.807) is 16.0 Å². The summed E-state index contributed by atoms with van der Waals surface area (Å²) < 4.78 is 1.67. The zero-order valence-corrected chi connectivity index (χ0v) is 12.4. The number of nitrogens with zero attached hydrogens (tertiary/aromatic N) is 2. The first-order valence-electron chi connectivity index (χ1n) is 6.39. The average Bonchev–Trinajstić information content (AvgIpc) is 2.86. The standard InChI is InChI=1S/C13H16N4S2/c1-8-5-6-10(19-8)11-9-4-2-3-7-15-12(9)17(16-11)13(14)18/h5-6,15H,2-4,7H2,1H3,(H2,14,18). The van der Waals surface area contributed by atoms with Gasteiger partial charge in [0.25, 0.3) is 0 Å². The molecular formula is C13H16N4S2. The van der Waals surface area contributed by atoms with Crippen LogP contribution in [0.25, 0.3) is 10.6 Å². The lowest BCUT2D eigenvalue weighted by Gasteiger charge is -2.06. The molecule has 0 saturated carbocycles. The lowest BCUT2D eigenvalue weighted by atomic mass is 10.1. The van der Waals surface area contributed by atoms with Crippen LogP contribution in [-0.2, 0) is 6.42 Å². The number of nitrogens with one attached hydrogen (secondary N) is 1. The normalized spacial score (nSPS) is 14.6. The van der Waals surface area contributed by atoms with Crippen LogP contribution < -0.4 is 11.1 Å². The minimum absolute atomic E-state index is 0.296. The van der Waals surface area contributed by atoms with Crippen LogP contribution in [0.2, 0.25) is 0 Å². The van der Waals surface area contributed by atoms with Gasteiger partial charge in [0.1, 0.15) is 11.5 Å². The van der Waals surface area contributed by atoms with Gasteiger partial charge in [0.15, 0.2) is 5.11 Å². The van der Waals surface area contributed by atoms with Crippen molar-refractivity contribution in [1.82, 2.24) is 9.78 Å². The predicted octanol–water partition coefficient (Wildman–Crippen LogP) is 2.76. The Morgan fingerprint density at radius 1 is 1.47 bits per heavy atom. The Balaban J connectivity index is 2.16. The van der Waals surface area contributed by atoms with Gasteiger partial charge < -0.3 is 11.1 Å². The average molecular weight is 292 g/mol. The Labute approximate surface area is 121 Å². The van der Waals surface area contributed by atoms with E-state index < -0.39 is 0 Å². The third-order valence-electron chi connectivity index (χ3n) is 3.31. The Kier molecular flexibility index (Phi) is 3.28. The van der Waals surface area contributed by atoms with Crippen molar-refractivity contribution < 1.29 is 0 Å². The van der Waals surface area contributed by atoms with Gasteiger partial charge in [-0.15, -0.1) is 11.3 Å². The third-order valence-corrected chi connectivity index (χ3v) is 4.49. The maximum absolute atomic E-state index is 5.78. The highest BCUT2D eigenvalue weighted by Gasteiger charge is 2.22. The van der Waals surface area contributed by atoms with Gasteiger partial charge in [-0.05, 0) is 50.5 Å². The molecule has 0 bridgehead atoms. The monoisotopic (exact) mass is 292 g/mol. The first-order valence-corrected chi connectivity index (χ1v) is 7.61. The van der Waals surface area contributed by atoms with Gasteiger partial charge in [0.2, 0.25) is 0 Å². The van der Waals surface area contributed by atoms with E-state index in [4.69, 9.17) is 18.0 Å². The van der Waals surface area contributed by atoms with Crippen LogP contribution >= 0.6 is 23.6 Å². The first kappa shape index (κ1) is 12.6. The fraction of sp³-hybridized carbons (Fsp3) is 0.385. The summed E-state index contributed by atoms with van der Waals surface area (Å²) in [5, 5.41) is 8.32. The molecule has 0 atom stereocenters. The van der Waals surface area contributed by atoms with E-state index in [0.29, 0.717) is 5.11 Å². The highest BCUT2D eigenvalue weighted by molar-refractivity contribution is 7.80. The number of aryl methyl sites for hydroxylation is 1. The molecule has 3 N–H and O–H groups in total. The molecule has 1 aliphatic heterocycles. The van der Waals surface area contributed by atoms with Gasteiger partial charge in [0, 0.05) is 17.0 Å². The second-order valence-corrected chi connectivity index (χ2v) is 6.43.